The molecule has 16 heavy (non-hydrogen) atoms. The Labute approximate surface area is 96.3 Å². The number of hydrogen-bond donors (Lipinski definition) is 1. The van der Waals surface area contributed by atoms with E-state index in [0.29, 0.717) is 0 Å². The first-order valence-electron chi connectivity index (χ1n) is 6.07. The molecular weight excluding hydrogens is 200 g/mol. The van der Waals surface area contributed by atoms with Gasteiger partial charge in [0.25, 0.3) is 0 Å². The summed E-state index contributed by atoms with van der Waals surface area (Å²) in [7, 11) is 0. The van der Waals surface area contributed by atoms with Gasteiger partial charge in [-0.15, -0.1) is 0 Å². The second-order valence-corrected chi connectivity index (χ2v) is 4.60. The largest absolute Gasteiger partial charge is 0.481 e. The van der Waals surface area contributed by atoms with Crippen molar-refractivity contribution in [3.8, 4) is 0 Å². The van der Waals surface area contributed by atoms with Gasteiger partial charge >= 0.3 is 5.97 Å². The third kappa shape index (κ3) is 2.43. The van der Waals surface area contributed by atoms with Crippen molar-refractivity contribution in [2.24, 2.45) is 5.92 Å². The molecule has 2 atom stereocenters. The summed E-state index contributed by atoms with van der Waals surface area (Å²) in [4.78, 5) is 11.3. The van der Waals surface area contributed by atoms with Gasteiger partial charge in [0.15, 0.2) is 0 Å². The fourth-order valence-electron chi connectivity index (χ4n) is 2.70. The van der Waals surface area contributed by atoms with E-state index in [9.17, 15) is 9.90 Å². The van der Waals surface area contributed by atoms with E-state index >= 15 is 0 Å². The van der Waals surface area contributed by atoms with Gasteiger partial charge in [-0.1, -0.05) is 49.6 Å². The molecule has 2 heteroatoms. The van der Waals surface area contributed by atoms with Gasteiger partial charge in [-0.25, -0.2) is 0 Å². The first-order valence-corrected chi connectivity index (χ1v) is 6.07. The van der Waals surface area contributed by atoms with Crippen LogP contribution in [0.4, 0.5) is 0 Å². The van der Waals surface area contributed by atoms with Gasteiger partial charge in [0.05, 0.1) is 5.92 Å². The Bertz CT molecular complexity index is 345. The van der Waals surface area contributed by atoms with Crippen molar-refractivity contribution < 1.29 is 9.90 Å². The Balaban J connectivity index is 2.24. The molecule has 2 nitrogen and oxygen atoms in total. The van der Waals surface area contributed by atoms with Crippen LogP contribution in [0.25, 0.3) is 0 Å². The number of carboxylic acid groups (broad SMARTS) is 1. The lowest BCUT2D eigenvalue weighted by atomic mass is 9.82. The molecule has 0 saturated heterocycles. The van der Waals surface area contributed by atoms with E-state index in [1.807, 2.05) is 18.2 Å². The number of aliphatic carboxylic acids is 1. The van der Waals surface area contributed by atoms with Gasteiger partial charge in [-0.2, -0.15) is 0 Å². The van der Waals surface area contributed by atoms with Crippen LogP contribution in [0.15, 0.2) is 30.3 Å². The average Bonchev–Trinajstić information content (AvgIpc) is 2.55. The Morgan fingerprint density at radius 3 is 2.44 bits per heavy atom. The summed E-state index contributed by atoms with van der Waals surface area (Å²) in [5.41, 5.74) is 1.19. The zero-order valence-electron chi connectivity index (χ0n) is 9.43. The molecule has 86 valence electrons. The molecule has 1 fully saturated rings. The van der Waals surface area contributed by atoms with Crippen molar-refractivity contribution in [2.45, 2.75) is 38.0 Å². The molecular formula is C14H18O2. The number of carboxylic acids is 1. The van der Waals surface area contributed by atoms with Gasteiger partial charge in [-0.05, 0) is 24.3 Å². The summed E-state index contributed by atoms with van der Waals surface area (Å²) in [5.74, 6) is -0.609. The predicted octanol–water partition coefficient (Wildman–Crippen LogP) is 3.44. The quantitative estimate of drug-likeness (QED) is 0.772. The maximum Gasteiger partial charge on any atom is 0.307 e. The lowest BCUT2D eigenvalue weighted by Crippen LogP contribution is -2.21. The molecule has 0 aliphatic heterocycles. The fourth-order valence-corrected chi connectivity index (χ4v) is 2.70. The van der Waals surface area contributed by atoms with Gasteiger partial charge in [-0.3, -0.25) is 4.79 Å². The Kier molecular flexibility index (Phi) is 3.60. The van der Waals surface area contributed by atoms with Crippen LogP contribution in [0.2, 0.25) is 0 Å². The fraction of sp³-hybridized carbons (Fsp3) is 0.500. The molecule has 1 N–H and O–H groups in total. The van der Waals surface area contributed by atoms with E-state index < -0.39 is 5.97 Å². The van der Waals surface area contributed by atoms with E-state index in [-0.39, 0.29) is 11.8 Å². The predicted molar refractivity (Wildman–Crippen MR) is 63.4 cm³/mol. The first kappa shape index (κ1) is 11.2. The third-order valence-electron chi connectivity index (χ3n) is 3.56. The zero-order chi connectivity index (χ0) is 11.4. The van der Waals surface area contributed by atoms with Gasteiger partial charge in [0.2, 0.25) is 0 Å². The van der Waals surface area contributed by atoms with Crippen LogP contribution in [-0.4, -0.2) is 11.1 Å². The molecule has 1 aliphatic rings. The average molecular weight is 218 g/mol. The van der Waals surface area contributed by atoms with E-state index in [0.717, 1.165) is 25.7 Å². The molecule has 1 aliphatic carbocycles. The van der Waals surface area contributed by atoms with Crippen LogP contribution in [0.5, 0.6) is 0 Å². The number of carbonyl (C=O) groups is 1. The molecule has 1 aromatic rings. The Hall–Kier alpha value is -1.31. The summed E-state index contributed by atoms with van der Waals surface area (Å²) in [6.45, 7) is 0. The number of hydrogen-bond acceptors (Lipinski definition) is 1. The first-order chi connectivity index (χ1) is 7.79. The normalized spacial score (nSPS) is 26.0. The summed E-state index contributed by atoms with van der Waals surface area (Å²) in [5, 5.41) is 9.29. The van der Waals surface area contributed by atoms with E-state index in [4.69, 9.17) is 0 Å². The lowest BCUT2D eigenvalue weighted by molar-refractivity contribution is -0.142. The SMILES string of the molecule is O=C(O)[C@H]1CCCCC[C@H]1c1ccccc1. The molecule has 0 radical (unpaired) electrons. The van der Waals surface area contributed by atoms with E-state index in [2.05, 4.69) is 12.1 Å². The van der Waals surface area contributed by atoms with Crippen LogP contribution >= 0.6 is 0 Å². The summed E-state index contributed by atoms with van der Waals surface area (Å²) in [6, 6.07) is 10.1. The molecule has 2 rings (SSSR count). The van der Waals surface area contributed by atoms with Crippen LogP contribution in [0, 0.1) is 5.92 Å². The Morgan fingerprint density at radius 2 is 1.75 bits per heavy atom. The van der Waals surface area contributed by atoms with Crippen molar-refractivity contribution in [1.29, 1.82) is 0 Å². The van der Waals surface area contributed by atoms with Gasteiger partial charge < -0.3 is 5.11 Å². The molecule has 0 bridgehead atoms. The lowest BCUT2D eigenvalue weighted by Gasteiger charge is -2.21. The van der Waals surface area contributed by atoms with E-state index in [1.54, 1.807) is 0 Å². The van der Waals surface area contributed by atoms with Crippen molar-refractivity contribution >= 4 is 5.97 Å². The molecule has 0 aromatic heterocycles. The molecule has 0 heterocycles. The summed E-state index contributed by atoms with van der Waals surface area (Å²) in [6.07, 6.45) is 5.23. The molecule has 1 aromatic carbocycles. The smallest absolute Gasteiger partial charge is 0.307 e. The standard InChI is InChI=1S/C14H18O2/c15-14(16)13-10-6-2-5-9-12(13)11-7-3-1-4-8-11/h1,3-4,7-8,12-13H,2,5-6,9-10H2,(H,15,16)/t12-,13-/m0/s1. The topological polar surface area (TPSA) is 37.3 Å². The maximum absolute atomic E-state index is 11.3. The van der Waals surface area contributed by atoms with Gasteiger partial charge in [0.1, 0.15) is 0 Å². The maximum atomic E-state index is 11.3. The van der Waals surface area contributed by atoms with Crippen molar-refractivity contribution in [1.82, 2.24) is 0 Å². The minimum absolute atomic E-state index is 0.190. The third-order valence-corrected chi connectivity index (χ3v) is 3.56. The minimum atomic E-state index is -0.629. The highest BCUT2D eigenvalue weighted by molar-refractivity contribution is 5.71. The van der Waals surface area contributed by atoms with Crippen LogP contribution in [-0.2, 0) is 4.79 Å². The van der Waals surface area contributed by atoms with Crippen LogP contribution in [0.1, 0.15) is 43.6 Å². The van der Waals surface area contributed by atoms with Crippen LogP contribution < -0.4 is 0 Å². The zero-order valence-corrected chi connectivity index (χ0v) is 9.43. The number of benzene rings is 1. The Morgan fingerprint density at radius 1 is 1.06 bits per heavy atom. The summed E-state index contributed by atoms with van der Waals surface area (Å²) < 4.78 is 0. The van der Waals surface area contributed by atoms with E-state index in [1.165, 1.54) is 12.0 Å². The van der Waals surface area contributed by atoms with Crippen molar-refractivity contribution in [3.05, 3.63) is 35.9 Å². The highest BCUT2D eigenvalue weighted by Gasteiger charge is 2.30. The molecule has 0 amide bonds. The highest BCUT2D eigenvalue weighted by atomic mass is 16.4. The second kappa shape index (κ2) is 5.15. The molecule has 0 spiro atoms. The highest BCUT2D eigenvalue weighted by Crippen LogP contribution is 2.36. The van der Waals surface area contributed by atoms with Gasteiger partial charge in [0, 0.05) is 0 Å². The minimum Gasteiger partial charge on any atom is -0.481 e. The molecule has 0 unspecified atom stereocenters. The number of rotatable bonds is 2. The monoisotopic (exact) mass is 218 g/mol. The second-order valence-electron chi connectivity index (χ2n) is 4.60. The molecule has 1 saturated carbocycles. The van der Waals surface area contributed by atoms with Crippen LogP contribution in [0.3, 0.4) is 0 Å². The van der Waals surface area contributed by atoms with Crippen molar-refractivity contribution in [2.75, 3.05) is 0 Å². The summed E-state index contributed by atoms with van der Waals surface area (Å²) >= 11 is 0. The van der Waals surface area contributed by atoms with Crippen molar-refractivity contribution in [3.63, 3.8) is 0 Å².